The lowest BCUT2D eigenvalue weighted by Gasteiger charge is -2.18. The Morgan fingerprint density at radius 1 is 1.47 bits per heavy atom. The summed E-state index contributed by atoms with van der Waals surface area (Å²) in [5, 5.41) is 15.3. The first-order chi connectivity index (χ1) is 8.02. The maximum absolute atomic E-state index is 10.9. The van der Waals surface area contributed by atoms with Crippen LogP contribution in [0.2, 0.25) is 0 Å². The molecule has 0 heterocycles. The van der Waals surface area contributed by atoms with E-state index >= 15 is 0 Å². The second-order valence-electron chi connectivity index (χ2n) is 4.37. The van der Waals surface area contributed by atoms with Crippen molar-refractivity contribution >= 4 is 23.6 Å². The van der Waals surface area contributed by atoms with Crippen LogP contribution in [0.1, 0.15) is 26.2 Å². The van der Waals surface area contributed by atoms with Gasteiger partial charge in [0.05, 0.1) is 0 Å². The largest absolute Gasteiger partial charge is 0.480 e. The van der Waals surface area contributed by atoms with E-state index in [2.05, 4.69) is 16.9 Å². The number of thioether (sulfide) groups is 1. The minimum Gasteiger partial charge on any atom is -0.480 e. The van der Waals surface area contributed by atoms with Crippen LogP contribution in [0.4, 0.5) is 0 Å². The molecule has 1 amide bonds. The van der Waals surface area contributed by atoms with E-state index in [0.29, 0.717) is 17.8 Å². The quantitative estimate of drug-likeness (QED) is 0.646. The van der Waals surface area contributed by atoms with Crippen molar-refractivity contribution in [2.75, 3.05) is 12.8 Å². The summed E-state index contributed by atoms with van der Waals surface area (Å²) in [6, 6.07) is -0.455. The molecular weight excluding hydrogens is 240 g/mol. The number of hydrogen-bond acceptors (Lipinski definition) is 4. The average molecular weight is 260 g/mol. The van der Waals surface area contributed by atoms with Gasteiger partial charge in [0.15, 0.2) is 0 Å². The minimum atomic E-state index is -0.993. The van der Waals surface area contributed by atoms with E-state index in [4.69, 9.17) is 5.11 Å². The van der Waals surface area contributed by atoms with Crippen molar-refractivity contribution < 1.29 is 14.7 Å². The van der Waals surface area contributed by atoms with Crippen molar-refractivity contribution in [3.8, 4) is 0 Å². The molecule has 6 heteroatoms. The van der Waals surface area contributed by atoms with Crippen LogP contribution in [0.25, 0.3) is 0 Å². The molecule has 1 aliphatic carbocycles. The molecule has 1 fully saturated rings. The molecule has 1 aliphatic rings. The zero-order valence-electron chi connectivity index (χ0n) is 10.2. The van der Waals surface area contributed by atoms with Crippen molar-refractivity contribution in [2.24, 2.45) is 0 Å². The fourth-order valence-electron chi connectivity index (χ4n) is 2.07. The van der Waals surface area contributed by atoms with Crippen LogP contribution >= 0.6 is 11.8 Å². The molecule has 0 saturated heterocycles. The third-order valence-corrected chi connectivity index (χ3v) is 4.10. The summed E-state index contributed by atoms with van der Waals surface area (Å²) in [5.74, 6) is -1.31. The van der Waals surface area contributed by atoms with Gasteiger partial charge in [0.2, 0.25) is 5.91 Å². The number of carbonyl (C=O) groups excluding carboxylic acids is 1. The molecule has 0 bridgehead atoms. The second kappa shape index (κ2) is 6.86. The number of amides is 1. The van der Waals surface area contributed by atoms with Gasteiger partial charge in [0.25, 0.3) is 0 Å². The number of carbonyl (C=O) groups is 2. The summed E-state index contributed by atoms with van der Waals surface area (Å²) in [6.07, 6.45) is 5.44. The number of carboxylic acid groups (broad SMARTS) is 1. The van der Waals surface area contributed by atoms with Crippen molar-refractivity contribution in [2.45, 2.75) is 43.5 Å². The van der Waals surface area contributed by atoms with Crippen molar-refractivity contribution in [3.63, 3.8) is 0 Å². The third kappa shape index (κ3) is 4.95. The lowest BCUT2D eigenvalue weighted by atomic mass is 10.2. The fraction of sp³-hybridized carbons (Fsp3) is 0.818. The van der Waals surface area contributed by atoms with Gasteiger partial charge in [-0.2, -0.15) is 11.8 Å². The van der Waals surface area contributed by atoms with Crippen molar-refractivity contribution in [3.05, 3.63) is 0 Å². The number of nitrogens with one attached hydrogen (secondary N) is 2. The van der Waals surface area contributed by atoms with Gasteiger partial charge in [-0.1, -0.05) is 0 Å². The Balaban J connectivity index is 2.32. The molecule has 0 aromatic carbocycles. The molecule has 3 N–H and O–H groups in total. The molecule has 3 atom stereocenters. The Morgan fingerprint density at radius 3 is 2.65 bits per heavy atom. The van der Waals surface area contributed by atoms with Gasteiger partial charge in [-0.05, 0) is 25.5 Å². The van der Waals surface area contributed by atoms with E-state index in [1.54, 1.807) is 0 Å². The highest BCUT2D eigenvalue weighted by Gasteiger charge is 2.25. The zero-order chi connectivity index (χ0) is 12.8. The van der Waals surface area contributed by atoms with Gasteiger partial charge in [0.1, 0.15) is 6.04 Å². The molecule has 3 unspecified atom stereocenters. The average Bonchev–Trinajstić information content (AvgIpc) is 2.71. The highest BCUT2D eigenvalue weighted by atomic mass is 32.2. The van der Waals surface area contributed by atoms with Crippen LogP contribution in [-0.4, -0.2) is 47.1 Å². The minimum absolute atomic E-state index is 0.292. The SMILES string of the molecule is CSC1CCC(NCC(NC(C)=O)C(=O)O)C1. The lowest BCUT2D eigenvalue weighted by molar-refractivity contribution is -0.141. The highest BCUT2D eigenvalue weighted by molar-refractivity contribution is 7.99. The van der Waals surface area contributed by atoms with E-state index in [9.17, 15) is 9.59 Å². The molecular formula is C11H20N2O3S. The van der Waals surface area contributed by atoms with Gasteiger partial charge in [-0.3, -0.25) is 4.79 Å². The Labute approximate surface area is 106 Å². The molecule has 17 heavy (non-hydrogen) atoms. The monoisotopic (exact) mass is 260 g/mol. The Kier molecular flexibility index (Phi) is 5.77. The molecule has 0 aromatic rings. The smallest absolute Gasteiger partial charge is 0.327 e. The predicted molar refractivity (Wildman–Crippen MR) is 68.2 cm³/mol. The molecule has 5 nitrogen and oxygen atoms in total. The first-order valence-corrected chi connectivity index (χ1v) is 7.07. The molecule has 0 radical (unpaired) electrons. The molecule has 0 spiro atoms. The Hall–Kier alpha value is -0.750. The van der Waals surface area contributed by atoms with E-state index in [0.717, 1.165) is 12.8 Å². The summed E-state index contributed by atoms with van der Waals surface area (Å²) in [5.41, 5.74) is 0. The maximum Gasteiger partial charge on any atom is 0.327 e. The summed E-state index contributed by atoms with van der Waals surface area (Å²) in [4.78, 5) is 21.7. The summed E-state index contributed by atoms with van der Waals surface area (Å²) >= 11 is 1.86. The van der Waals surface area contributed by atoms with Gasteiger partial charge < -0.3 is 15.7 Å². The predicted octanol–water partition coefficient (Wildman–Crippen LogP) is 0.449. The Bertz CT molecular complexity index is 286. The van der Waals surface area contributed by atoms with Gasteiger partial charge >= 0.3 is 5.97 Å². The van der Waals surface area contributed by atoms with Crippen LogP contribution in [-0.2, 0) is 9.59 Å². The van der Waals surface area contributed by atoms with Crippen molar-refractivity contribution in [1.82, 2.24) is 10.6 Å². The van der Waals surface area contributed by atoms with Gasteiger partial charge in [-0.25, -0.2) is 4.79 Å². The zero-order valence-corrected chi connectivity index (χ0v) is 11.0. The number of hydrogen-bond donors (Lipinski definition) is 3. The standard InChI is InChI=1S/C11H20N2O3S/c1-7(14)13-10(11(15)16)6-12-8-3-4-9(5-8)17-2/h8-10,12H,3-6H2,1-2H3,(H,13,14)(H,15,16). The van der Waals surface area contributed by atoms with Crippen molar-refractivity contribution in [1.29, 1.82) is 0 Å². The van der Waals surface area contributed by atoms with Crippen LogP contribution in [0.5, 0.6) is 0 Å². The number of aliphatic carboxylic acids is 1. The summed E-state index contributed by atoms with van der Waals surface area (Å²) < 4.78 is 0. The molecule has 0 aromatic heterocycles. The maximum atomic E-state index is 10.9. The van der Waals surface area contributed by atoms with Gasteiger partial charge in [-0.15, -0.1) is 0 Å². The van der Waals surface area contributed by atoms with E-state index < -0.39 is 12.0 Å². The third-order valence-electron chi connectivity index (χ3n) is 3.00. The van der Waals surface area contributed by atoms with E-state index in [1.165, 1.54) is 13.3 Å². The van der Waals surface area contributed by atoms with Crippen LogP contribution < -0.4 is 10.6 Å². The topological polar surface area (TPSA) is 78.4 Å². The molecule has 0 aliphatic heterocycles. The van der Waals surface area contributed by atoms with E-state index in [1.807, 2.05) is 11.8 Å². The lowest BCUT2D eigenvalue weighted by Crippen LogP contribution is -2.48. The number of carboxylic acids is 1. The molecule has 1 rings (SSSR count). The normalized spacial score (nSPS) is 25.5. The first kappa shape index (κ1) is 14.3. The summed E-state index contributed by atoms with van der Waals surface area (Å²) in [7, 11) is 0. The molecule has 98 valence electrons. The Morgan fingerprint density at radius 2 is 2.18 bits per heavy atom. The first-order valence-electron chi connectivity index (χ1n) is 5.79. The number of rotatable bonds is 6. The molecule has 1 saturated carbocycles. The van der Waals surface area contributed by atoms with E-state index in [-0.39, 0.29) is 5.91 Å². The highest BCUT2D eigenvalue weighted by Crippen LogP contribution is 2.27. The fourth-order valence-corrected chi connectivity index (χ4v) is 2.87. The van der Waals surface area contributed by atoms with Crippen LogP contribution in [0.3, 0.4) is 0 Å². The second-order valence-corrected chi connectivity index (χ2v) is 5.51. The van der Waals surface area contributed by atoms with Gasteiger partial charge in [0, 0.05) is 24.8 Å². The van der Waals surface area contributed by atoms with Crippen LogP contribution in [0, 0.1) is 0 Å². The summed E-state index contributed by atoms with van der Waals surface area (Å²) in [6.45, 7) is 1.62. The van der Waals surface area contributed by atoms with Crippen LogP contribution in [0.15, 0.2) is 0 Å².